The zero-order chi connectivity index (χ0) is 18.0. The minimum absolute atomic E-state index is 0.209. The van der Waals surface area contributed by atoms with E-state index in [0.717, 1.165) is 19.3 Å². The average Bonchev–Trinajstić information content (AvgIpc) is 2.78. The standard InChI is InChI=1S/C15H23N3O5S/c1-15(2)9-11(10-18(15)14(19)20)5-4-8-23-12-6-3-7-13(17-12)24(16,21)22/h3,6-7,11H,4-5,8-10H2,1-2H3,(H,19,20)(H2,16,21,22). The molecule has 1 saturated heterocycles. The average molecular weight is 357 g/mol. The van der Waals surface area contributed by atoms with Crippen LogP contribution in [0.15, 0.2) is 23.2 Å². The van der Waals surface area contributed by atoms with Crippen LogP contribution in [0.1, 0.15) is 33.1 Å². The van der Waals surface area contributed by atoms with Gasteiger partial charge < -0.3 is 14.7 Å². The fourth-order valence-corrected chi connectivity index (χ4v) is 3.59. The minimum Gasteiger partial charge on any atom is -0.478 e. The van der Waals surface area contributed by atoms with E-state index in [9.17, 15) is 18.3 Å². The van der Waals surface area contributed by atoms with Gasteiger partial charge in [-0.25, -0.2) is 23.3 Å². The molecule has 0 saturated carbocycles. The quantitative estimate of drug-likeness (QED) is 0.747. The molecule has 0 radical (unpaired) electrons. The monoisotopic (exact) mass is 357 g/mol. The van der Waals surface area contributed by atoms with E-state index >= 15 is 0 Å². The molecule has 1 atom stereocenters. The number of primary sulfonamides is 1. The van der Waals surface area contributed by atoms with Crippen LogP contribution in [0.3, 0.4) is 0 Å². The molecule has 1 aliphatic heterocycles. The van der Waals surface area contributed by atoms with Crippen LogP contribution in [-0.4, -0.2) is 48.2 Å². The largest absolute Gasteiger partial charge is 0.478 e. The van der Waals surface area contributed by atoms with Crippen LogP contribution in [0, 0.1) is 5.92 Å². The fourth-order valence-electron chi connectivity index (χ4n) is 3.10. The molecule has 8 nitrogen and oxygen atoms in total. The first-order valence-corrected chi connectivity index (χ1v) is 9.27. The molecular formula is C15H23N3O5S. The second-order valence-corrected chi connectivity index (χ2v) is 8.13. The summed E-state index contributed by atoms with van der Waals surface area (Å²) >= 11 is 0. The normalized spacial score (nSPS) is 20.1. The highest BCUT2D eigenvalue weighted by atomic mass is 32.2. The Kier molecular flexibility index (Phi) is 5.34. The lowest BCUT2D eigenvalue weighted by atomic mass is 9.93. The Morgan fingerprint density at radius 1 is 1.50 bits per heavy atom. The van der Waals surface area contributed by atoms with Crippen molar-refractivity contribution in [1.82, 2.24) is 9.88 Å². The number of sulfonamides is 1. The maximum absolute atomic E-state index is 11.2. The Balaban J connectivity index is 1.81. The van der Waals surface area contributed by atoms with E-state index in [1.54, 1.807) is 6.07 Å². The van der Waals surface area contributed by atoms with Crippen molar-refractivity contribution >= 4 is 16.1 Å². The highest BCUT2D eigenvalue weighted by molar-refractivity contribution is 7.89. The van der Waals surface area contributed by atoms with Crippen molar-refractivity contribution in [1.29, 1.82) is 0 Å². The van der Waals surface area contributed by atoms with Crippen molar-refractivity contribution in [2.75, 3.05) is 13.2 Å². The van der Waals surface area contributed by atoms with Gasteiger partial charge in [0.1, 0.15) is 0 Å². The Hall–Kier alpha value is -1.87. The topological polar surface area (TPSA) is 123 Å². The lowest BCUT2D eigenvalue weighted by molar-refractivity contribution is 0.117. The second kappa shape index (κ2) is 6.94. The third-order valence-electron chi connectivity index (χ3n) is 4.19. The molecule has 1 fully saturated rings. The maximum Gasteiger partial charge on any atom is 0.407 e. The molecule has 0 bridgehead atoms. The second-order valence-electron chi connectivity index (χ2n) is 6.63. The van der Waals surface area contributed by atoms with Gasteiger partial charge in [-0.2, -0.15) is 0 Å². The number of ether oxygens (including phenoxy) is 1. The van der Waals surface area contributed by atoms with Crippen molar-refractivity contribution in [2.45, 2.75) is 43.7 Å². The van der Waals surface area contributed by atoms with Crippen LogP contribution >= 0.6 is 0 Å². The number of hydrogen-bond donors (Lipinski definition) is 2. The number of rotatable bonds is 6. The molecule has 0 spiro atoms. The Morgan fingerprint density at radius 2 is 2.21 bits per heavy atom. The number of nitrogens with two attached hydrogens (primary N) is 1. The molecule has 1 amide bonds. The van der Waals surface area contributed by atoms with E-state index in [-0.39, 0.29) is 16.4 Å². The highest BCUT2D eigenvalue weighted by Crippen LogP contribution is 2.34. The summed E-state index contributed by atoms with van der Waals surface area (Å²) in [6, 6.07) is 4.40. The van der Waals surface area contributed by atoms with Gasteiger partial charge >= 0.3 is 6.09 Å². The summed E-state index contributed by atoms with van der Waals surface area (Å²) in [7, 11) is -3.85. The zero-order valence-corrected chi connectivity index (χ0v) is 14.6. The van der Waals surface area contributed by atoms with Crippen molar-refractivity contribution in [3.05, 3.63) is 18.2 Å². The molecule has 24 heavy (non-hydrogen) atoms. The molecule has 1 aromatic rings. The maximum atomic E-state index is 11.2. The number of hydrogen-bond acceptors (Lipinski definition) is 5. The molecule has 1 aromatic heterocycles. The predicted molar refractivity (Wildman–Crippen MR) is 87.3 cm³/mol. The van der Waals surface area contributed by atoms with Gasteiger partial charge in [0, 0.05) is 18.2 Å². The Morgan fingerprint density at radius 3 is 2.79 bits per heavy atom. The van der Waals surface area contributed by atoms with Crippen LogP contribution in [0.4, 0.5) is 4.79 Å². The Labute approximate surface area is 141 Å². The van der Waals surface area contributed by atoms with Crippen molar-refractivity contribution in [3.8, 4) is 5.88 Å². The van der Waals surface area contributed by atoms with Crippen molar-refractivity contribution in [3.63, 3.8) is 0 Å². The van der Waals surface area contributed by atoms with Crippen LogP contribution in [0.5, 0.6) is 5.88 Å². The van der Waals surface area contributed by atoms with E-state index < -0.39 is 16.1 Å². The molecular weight excluding hydrogens is 334 g/mol. The summed E-state index contributed by atoms with van der Waals surface area (Å²) < 4.78 is 28.0. The number of aromatic nitrogens is 1. The van der Waals surface area contributed by atoms with Crippen LogP contribution in [0.2, 0.25) is 0 Å². The van der Waals surface area contributed by atoms with E-state index in [4.69, 9.17) is 9.88 Å². The highest BCUT2D eigenvalue weighted by Gasteiger charge is 2.40. The van der Waals surface area contributed by atoms with E-state index in [2.05, 4.69) is 4.98 Å². The van der Waals surface area contributed by atoms with Gasteiger partial charge in [0.15, 0.2) is 5.03 Å². The molecule has 1 unspecified atom stereocenters. The number of likely N-dealkylation sites (tertiary alicyclic amines) is 1. The summed E-state index contributed by atoms with van der Waals surface area (Å²) in [4.78, 5) is 16.6. The third-order valence-corrected chi connectivity index (χ3v) is 5.00. The van der Waals surface area contributed by atoms with Crippen LogP contribution in [0.25, 0.3) is 0 Å². The lowest BCUT2D eigenvalue weighted by Crippen LogP contribution is -2.41. The lowest BCUT2D eigenvalue weighted by Gasteiger charge is -2.28. The summed E-state index contributed by atoms with van der Waals surface area (Å²) in [6.07, 6.45) is 1.50. The van der Waals surface area contributed by atoms with E-state index in [1.165, 1.54) is 17.0 Å². The first-order chi connectivity index (χ1) is 11.1. The van der Waals surface area contributed by atoms with Crippen LogP contribution < -0.4 is 9.88 Å². The first kappa shape index (κ1) is 18.5. The van der Waals surface area contributed by atoms with Gasteiger partial charge in [-0.1, -0.05) is 6.07 Å². The SMILES string of the molecule is CC1(C)CC(CCCOc2cccc(S(N)(=O)=O)n2)CN1C(=O)O. The summed E-state index contributed by atoms with van der Waals surface area (Å²) in [5.74, 6) is 0.504. The van der Waals surface area contributed by atoms with Crippen molar-refractivity contribution < 1.29 is 23.1 Å². The number of pyridine rings is 1. The number of carboxylic acid groups (broad SMARTS) is 1. The van der Waals surface area contributed by atoms with Gasteiger partial charge in [-0.15, -0.1) is 0 Å². The van der Waals surface area contributed by atoms with Gasteiger partial charge in [0.05, 0.1) is 6.61 Å². The molecule has 3 N–H and O–H groups in total. The summed E-state index contributed by atoms with van der Waals surface area (Å²) in [5, 5.41) is 14.0. The van der Waals surface area contributed by atoms with Crippen molar-refractivity contribution in [2.24, 2.45) is 11.1 Å². The number of carbonyl (C=O) groups is 1. The predicted octanol–water partition coefficient (Wildman–Crippen LogP) is 1.67. The fraction of sp³-hybridized carbons (Fsp3) is 0.600. The van der Waals surface area contributed by atoms with Gasteiger partial charge in [-0.3, -0.25) is 0 Å². The van der Waals surface area contributed by atoms with Gasteiger partial charge in [0.2, 0.25) is 5.88 Å². The zero-order valence-electron chi connectivity index (χ0n) is 13.8. The van der Waals surface area contributed by atoms with E-state index in [1.807, 2.05) is 13.8 Å². The Bertz CT molecular complexity index is 705. The van der Waals surface area contributed by atoms with E-state index in [0.29, 0.717) is 19.1 Å². The molecule has 1 aliphatic rings. The number of nitrogens with zero attached hydrogens (tertiary/aromatic N) is 2. The molecule has 9 heteroatoms. The number of amides is 1. The smallest absolute Gasteiger partial charge is 0.407 e. The molecule has 134 valence electrons. The molecule has 0 aromatic carbocycles. The van der Waals surface area contributed by atoms with Gasteiger partial charge in [0.25, 0.3) is 10.0 Å². The summed E-state index contributed by atoms with van der Waals surface area (Å²) in [6.45, 7) is 4.77. The third kappa shape index (κ3) is 4.57. The first-order valence-electron chi connectivity index (χ1n) is 7.73. The molecule has 2 heterocycles. The minimum atomic E-state index is -3.85. The molecule has 0 aliphatic carbocycles. The molecule has 2 rings (SSSR count). The van der Waals surface area contributed by atoms with Crippen LogP contribution in [-0.2, 0) is 10.0 Å². The summed E-state index contributed by atoms with van der Waals surface area (Å²) in [5.41, 5.74) is -0.345. The van der Waals surface area contributed by atoms with Gasteiger partial charge in [-0.05, 0) is 45.1 Å².